The lowest BCUT2D eigenvalue weighted by atomic mass is 9.83. The molecule has 0 N–H and O–H groups in total. The number of fused-ring (bicyclic) bond motifs is 2. The van der Waals surface area contributed by atoms with Crippen molar-refractivity contribution in [3.8, 4) is 11.1 Å². The summed E-state index contributed by atoms with van der Waals surface area (Å²) in [4.78, 5) is 25.6. The maximum Gasteiger partial charge on any atom is 0.194 e. The van der Waals surface area contributed by atoms with Crippen LogP contribution in [-0.2, 0) is 0 Å². The zero-order chi connectivity index (χ0) is 16.8. The first-order valence-corrected chi connectivity index (χ1v) is 8.10. The molecule has 0 bridgehead atoms. The lowest BCUT2D eigenvalue weighted by molar-refractivity contribution is 0.0979. The van der Waals surface area contributed by atoms with Crippen LogP contribution in [0.3, 0.4) is 0 Å². The summed E-state index contributed by atoms with van der Waals surface area (Å²) in [5, 5.41) is 0.528. The second-order valence-electron chi connectivity index (χ2n) is 5.60. The maximum absolute atomic E-state index is 12.8. The zero-order valence-corrected chi connectivity index (χ0v) is 13.9. The Labute approximate surface area is 148 Å². The summed E-state index contributed by atoms with van der Waals surface area (Å²) in [6.07, 6.45) is 0. The van der Waals surface area contributed by atoms with Crippen LogP contribution in [-0.4, -0.2) is 11.6 Å². The first kappa shape index (κ1) is 15.1. The first-order valence-electron chi connectivity index (χ1n) is 7.34. The van der Waals surface area contributed by atoms with Crippen molar-refractivity contribution in [1.82, 2.24) is 0 Å². The minimum Gasteiger partial charge on any atom is -0.289 e. The van der Waals surface area contributed by atoms with Crippen LogP contribution >= 0.6 is 23.2 Å². The van der Waals surface area contributed by atoms with Gasteiger partial charge in [-0.05, 0) is 35.4 Å². The number of carbonyl (C=O) groups is 2. The molecule has 0 unspecified atom stereocenters. The average Bonchev–Trinajstić information content (AvgIpc) is 2.62. The van der Waals surface area contributed by atoms with E-state index in [0.717, 1.165) is 11.1 Å². The van der Waals surface area contributed by atoms with Crippen molar-refractivity contribution in [3.05, 3.63) is 93.0 Å². The summed E-state index contributed by atoms with van der Waals surface area (Å²) >= 11 is 12.0. The molecule has 24 heavy (non-hydrogen) atoms. The highest BCUT2D eigenvalue weighted by molar-refractivity contribution is 6.43. The summed E-state index contributed by atoms with van der Waals surface area (Å²) in [7, 11) is 0. The molecule has 3 aromatic rings. The lowest BCUT2D eigenvalue weighted by Gasteiger charge is -2.19. The van der Waals surface area contributed by atoms with Gasteiger partial charge in [0.15, 0.2) is 11.6 Å². The van der Waals surface area contributed by atoms with E-state index in [1.54, 1.807) is 12.1 Å². The van der Waals surface area contributed by atoms with E-state index in [4.69, 9.17) is 23.2 Å². The number of benzene rings is 3. The van der Waals surface area contributed by atoms with E-state index in [1.165, 1.54) is 12.1 Å². The van der Waals surface area contributed by atoms with Crippen molar-refractivity contribution in [2.45, 2.75) is 0 Å². The quantitative estimate of drug-likeness (QED) is 0.457. The summed E-state index contributed by atoms with van der Waals surface area (Å²) in [5.74, 6) is -0.422. The van der Waals surface area contributed by atoms with E-state index in [0.29, 0.717) is 22.3 Å². The summed E-state index contributed by atoms with van der Waals surface area (Å²) in [5.41, 5.74) is 3.26. The van der Waals surface area contributed by atoms with E-state index in [-0.39, 0.29) is 21.6 Å². The molecule has 0 atom stereocenters. The standard InChI is InChI=1S/C20H10Cl2O2/c21-17-9-15-16(10-18(17)22)20(24)14-8-12(6-7-13(14)19(15)23)11-4-2-1-3-5-11/h1-10H. The minimum absolute atomic E-state index is 0.210. The molecule has 1 aliphatic rings. The average molecular weight is 353 g/mol. The third-order valence-electron chi connectivity index (χ3n) is 4.17. The van der Waals surface area contributed by atoms with Gasteiger partial charge in [-0.15, -0.1) is 0 Å². The van der Waals surface area contributed by atoms with Crippen LogP contribution in [0.2, 0.25) is 10.0 Å². The Bertz CT molecular complexity index is 1010. The van der Waals surface area contributed by atoms with Crippen molar-refractivity contribution in [2.75, 3.05) is 0 Å². The number of halogens is 2. The van der Waals surface area contributed by atoms with Crippen molar-refractivity contribution < 1.29 is 9.59 Å². The molecule has 0 spiro atoms. The molecule has 0 aromatic heterocycles. The van der Waals surface area contributed by atoms with Crippen molar-refractivity contribution in [1.29, 1.82) is 0 Å². The van der Waals surface area contributed by atoms with Crippen LogP contribution < -0.4 is 0 Å². The fraction of sp³-hybridized carbons (Fsp3) is 0. The zero-order valence-electron chi connectivity index (χ0n) is 12.3. The number of hydrogen-bond acceptors (Lipinski definition) is 2. The molecule has 0 heterocycles. The molecule has 116 valence electrons. The molecule has 2 nitrogen and oxygen atoms in total. The van der Waals surface area contributed by atoms with Crippen LogP contribution in [0.4, 0.5) is 0 Å². The molecule has 4 rings (SSSR count). The van der Waals surface area contributed by atoms with E-state index in [1.807, 2.05) is 36.4 Å². The molecule has 4 heteroatoms. The smallest absolute Gasteiger partial charge is 0.194 e. The molecule has 0 saturated heterocycles. The molecule has 0 fully saturated rings. The highest BCUT2D eigenvalue weighted by Gasteiger charge is 2.30. The normalized spacial score (nSPS) is 12.8. The number of carbonyl (C=O) groups excluding carboxylic acids is 2. The Hall–Kier alpha value is -2.42. The van der Waals surface area contributed by atoms with Crippen molar-refractivity contribution in [2.24, 2.45) is 0 Å². The second-order valence-corrected chi connectivity index (χ2v) is 6.41. The second kappa shape index (κ2) is 5.59. The highest BCUT2D eigenvalue weighted by Crippen LogP contribution is 2.34. The molecule has 0 aliphatic heterocycles. The molecule has 0 saturated carbocycles. The predicted octanol–water partition coefficient (Wildman–Crippen LogP) is 5.44. The number of hydrogen-bond donors (Lipinski definition) is 0. The monoisotopic (exact) mass is 352 g/mol. The largest absolute Gasteiger partial charge is 0.289 e. The van der Waals surface area contributed by atoms with E-state index in [9.17, 15) is 9.59 Å². The Morgan fingerprint density at radius 2 is 1.08 bits per heavy atom. The Morgan fingerprint density at radius 1 is 0.542 bits per heavy atom. The fourth-order valence-electron chi connectivity index (χ4n) is 2.95. The first-order chi connectivity index (χ1) is 11.6. The van der Waals surface area contributed by atoms with Crippen LogP contribution in [0.1, 0.15) is 31.8 Å². The van der Waals surface area contributed by atoms with E-state index in [2.05, 4.69) is 0 Å². The van der Waals surface area contributed by atoms with Crippen molar-refractivity contribution in [3.63, 3.8) is 0 Å². The summed E-state index contributed by atoms with van der Waals surface area (Å²) < 4.78 is 0. The van der Waals surface area contributed by atoms with Gasteiger partial charge in [-0.1, -0.05) is 59.6 Å². The van der Waals surface area contributed by atoms with E-state index >= 15 is 0 Å². The van der Waals surface area contributed by atoms with Crippen LogP contribution in [0, 0.1) is 0 Å². The van der Waals surface area contributed by atoms with Gasteiger partial charge in [0.2, 0.25) is 0 Å². The Kier molecular flexibility index (Phi) is 3.52. The summed E-state index contributed by atoms with van der Waals surface area (Å²) in [6.45, 7) is 0. The maximum atomic E-state index is 12.8. The summed E-state index contributed by atoms with van der Waals surface area (Å²) in [6, 6.07) is 18.0. The van der Waals surface area contributed by atoms with Gasteiger partial charge in [-0.25, -0.2) is 0 Å². The van der Waals surface area contributed by atoms with E-state index < -0.39 is 0 Å². The molecule has 3 aromatic carbocycles. The third kappa shape index (κ3) is 2.27. The van der Waals surface area contributed by atoms with Crippen molar-refractivity contribution >= 4 is 34.8 Å². The molecule has 1 aliphatic carbocycles. The minimum atomic E-state index is -0.212. The highest BCUT2D eigenvalue weighted by atomic mass is 35.5. The number of rotatable bonds is 1. The van der Waals surface area contributed by atoms with Gasteiger partial charge in [0.1, 0.15) is 0 Å². The topological polar surface area (TPSA) is 34.1 Å². The van der Waals surface area contributed by atoms with Gasteiger partial charge in [0.25, 0.3) is 0 Å². The third-order valence-corrected chi connectivity index (χ3v) is 4.89. The van der Waals surface area contributed by atoms with Gasteiger partial charge >= 0.3 is 0 Å². The van der Waals surface area contributed by atoms with Gasteiger partial charge in [0.05, 0.1) is 10.0 Å². The van der Waals surface area contributed by atoms with Crippen LogP contribution in [0.5, 0.6) is 0 Å². The fourth-order valence-corrected chi connectivity index (χ4v) is 3.28. The lowest BCUT2D eigenvalue weighted by Crippen LogP contribution is -2.21. The van der Waals surface area contributed by atoms with Gasteiger partial charge < -0.3 is 0 Å². The SMILES string of the molecule is O=C1c2ccc(-c3ccccc3)cc2C(=O)c2cc(Cl)c(Cl)cc21. The molecule has 0 radical (unpaired) electrons. The predicted molar refractivity (Wildman–Crippen MR) is 95.2 cm³/mol. The van der Waals surface area contributed by atoms with Crippen LogP contribution in [0.15, 0.2) is 60.7 Å². The molecular weight excluding hydrogens is 343 g/mol. The molecular formula is C20H10Cl2O2. The number of ketones is 2. The van der Waals surface area contributed by atoms with Gasteiger partial charge in [0, 0.05) is 22.3 Å². The molecule has 0 amide bonds. The van der Waals surface area contributed by atoms with Crippen LogP contribution in [0.25, 0.3) is 11.1 Å². The van der Waals surface area contributed by atoms with Gasteiger partial charge in [-0.3, -0.25) is 9.59 Å². The Morgan fingerprint density at radius 3 is 1.71 bits per heavy atom. The van der Waals surface area contributed by atoms with Gasteiger partial charge in [-0.2, -0.15) is 0 Å². The Balaban J connectivity index is 1.91.